The molecule has 0 aromatic heterocycles. The van der Waals surface area contributed by atoms with Crippen molar-refractivity contribution in [2.45, 2.75) is 57.4 Å². The molecule has 2 aliphatic rings. The summed E-state index contributed by atoms with van der Waals surface area (Å²) in [7, 11) is -0.164. The van der Waals surface area contributed by atoms with E-state index in [2.05, 4.69) is 31.6 Å². The highest BCUT2D eigenvalue weighted by molar-refractivity contribution is 9.10. The summed E-state index contributed by atoms with van der Waals surface area (Å²) in [4.78, 5) is 2.62. The Kier molecular flexibility index (Phi) is 9.05. The molecule has 2 fully saturated rings. The van der Waals surface area contributed by atoms with Crippen LogP contribution < -0.4 is 4.72 Å². The van der Waals surface area contributed by atoms with Crippen molar-refractivity contribution in [3.8, 4) is 0 Å². The van der Waals surface area contributed by atoms with Gasteiger partial charge < -0.3 is 4.90 Å². The monoisotopic (exact) mass is 519 g/mol. The first-order valence-electron chi connectivity index (χ1n) is 11.1. The van der Waals surface area contributed by atoms with Gasteiger partial charge in [-0.3, -0.25) is 0 Å². The lowest BCUT2D eigenvalue weighted by atomic mass is 9.84. The fourth-order valence-corrected chi connectivity index (χ4v) is 6.15. The fourth-order valence-electron chi connectivity index (χ4n) is 4.68. The molecule has 1 aliphatic carbocycles. The van der Waals surface area contributed by atoms with Crippen molar-refractivity contribution in [1.29, 1.82) is 0 Å². The molecular weight excluding hydrogens is 486 g/mol. The molecule has 0 atom stereocenters. The first-order valence-corrected chi connectivity index (χ1v) is 13.7. The molecule has 0 radical (unpaired) electrons. The topological polar surface area (TPSA) is 52.7 Å². The van der Waals surface area contributed by atoms with Crippen LogP contribution in [0.25, 0.3) is 0 Å². The largest absolute Gasteiger partial charge is 0.303 e. The van der Waals surface area contributed by atoms with Crippen molar-refractivity contribution in [3.05, 3.63) is 33.3 Å². The Morgan fingerprint density at radius 1 is 1.10 bits per heavy atom. The van der Waals surface area contributed by atoms with Crippen molar-refractivity contribution in [1.82, 2.24) is 13.9 Å². The van der Waals surface area contributed by atoms with Crippen LogP contribution >= 0.6 is 27.5 Å². The zero-order valence-corrected chi connectivity index (χ0v) is 21.3. The number of hydrogen-bond acceptors (Lipinski definition) is 3. The molecule has 1 aromatic carbocycles. The minimum atomic E-state index is -3.31. The second-order valence-electron chi connectivity index (χ2n) is 9.14. The molecular formula is C22H35BrClN3O2S. The summed E-state index contributed by atoms with van der Waals surface area (Å²) in [5, 5.41) is 0.815. The quantitative estimate of drug-likeness (QED) is 0.540. The van der Waals surface area contributed by atoms with Gasteiger partial charge in [0.15, 0.2) is 0 Å². The van der Waals surface area contributed by atoms with Gasteiger partial charge in [-0.15, -0.1) is 0 Å². The van der Waals surface area contributed by atoms with Gasteiger partial charge in [-0.1, -0.05) is 27.5 Å². The van der Waals surface area contributed by atoms with Gasteiger partial charge >= 0.3 is 0 Å². The average molecular weight is 521 g/mol. The third-order valence-corrected chi connectivity index (χ3v) is 9.32. The maximum atomic E-state index is 12.0. The third kappa shape index (κ3) is 7.17. The van der Waals surface area contributed by atoms with Crippen LogP contribution in [0, 0.1) is 11.8 Å². The van der Waals surface area contributed by atoms with Crippen LogP contribution in [0.3, 0.4) is 0 Å². The molecule has 0 spiro atoms. The summed E-state index contributed by atoms with van der Waals surface area (Å²) in [6, 6.07) is 6.16. The maximum absolute atomic E-state index is 12.0. The van der Waals surface area contributed by atoms with Gasteiger partial charge in [0.2, 0.25) is 0 Å². The standard InChI is InChI=1S/C22H35BrClN3O2S/c1-26(2)30(28,29)25-21-6-3-17(4-7-21)9-12-27-13-10-18(11-14-27)15-19-16-20(24)5-8-22(19)23/h5,8,16-18,21,25H,3-4,6-7,9-15H2,1-2H3/t17-,21-. The van der Waals surface area contributed by atoms with E-state index >= 15 is 0 Å². The number of halogens is 2. The molecule has 170 valence electrons. The normalized spacial score (nSPS) is 24.4. The van der Waals surface area contributed by atoms with Gasteiger partial charge in [-0.05, 0) is 107 Å². The van der Waals surface area contributed by atoms with Gasteiger partial charge in [0.05, 0.1) is 0 Å². The van der Waals surface area contributed by atoms with E-state index in [0.29, 0.717) is 0 Å². The predicted octanol–water partition coefficient (Wildman–Crippen LogP) is 4.70. The molecule has 8 heteroatoms. The van der Waals surface area contributed by atoms with E-state index in [1.165, 1.54) is 48.8 Å². The van der Waals surface area contributed by atoms with Crippen LogP contribution in [-0.4, -0.2) is 57.4 Å². The first kappa shape index (κ1) is 24.5. The van der Waals surface area contributed by atoms with Gasteiger partial charge in [0.25, 0.3) is 10.2 Å². The molecule has 1 saturated heterocycles. The highest BCUT2D eigenvalue weighted by Gasteiger charge is 2.27. The lowest BCUT2D eigenvalue weighted by Gasteiger charge is -2.34. The Morgan fingerprint density at radius 3 is 2.40 bits per heavy atom. The van der Waals surface area contributed by atoms with Crippen LogP contribution in [0.4, 0.5) is 0 Å². The van der Waals surface area contributed by atoms with Gasteiger partial charge in [-0.2, -0.15) is 17.4 Å². The van der Waals surface area contributed by atoms with Crippen molar-refractivity contribution in [2.24, 2.45) is 11.8 Å². The Morgan fingerprint density at radius 2 is 1.77 bits per heavy atom. The van der Waals surface area contributed by atoms with E-state index in [0.717, 1.165) is 53.4 Å². The zero-order chi connectivity index (χ0) is 21.7. The highest BCUT2D eigenvalue weighted by atomic mass is 79.9. The highest BCUT2D eigenvalue weighted by Crippen LogP contribution is 2.30. The number of rotatable bonds is 8. The lowest BCUT2D eigenvalue weighted by molar-refractivity contribution is 0.164. The summed E-state index contributed by atoms with van der Waals surface area (Å²) in [5.74, 6) is 1.46. The van der Waals surface area contributed by atoms with Crippen molar-refractivity contribution >= 4 is 37.7 Å². The second kappa shape index (κ2) is 11.1. The number of nitrogens with one attached hydrogen (secondary N) is 1. The summed E-state index contributed by atoms with van der Waals surface area (Å²) in [6.07, 6.45) is 8.98. The van der Waals surface area contributed by atoms with Crippen LogP contribution in [0.2, 0.25) is 5.02 Å². The summed E-state index contributed by atoms with van der Waals surface area (Å²) >= 11 is 9.82. The van der Waals surface area contributed by atoms with Crippen molar-refractivity contribution in [3.63, 3.8) is 0 Å². The molecule has 0 amide bonds. The number of piperidine rings is 1. The average Bonchev–Trinajstić information content (AvgIpc) is 2.71. The molecule has 3 rings (SSSR count). The number of benzene rings is 1. The van der Waals surface area contributed by atoms with Crippen LogP contribution in [0.1, 0.15) is 50.5 Å². The Hall–Kier alpha value is -0.180. The fraction of sp³-hybridized carbons (Fsp3) is 0.727. The molecule has 5 nitrogen and oxygen atoms in total. The van der Waals surface area contributed by atoms with Gasteiger partial charge in [0, 0.05) is 29.6 Å². The summed E-state index contributed by atoms with van der Waals surface area (Å²) < 4.78 is 29.2. The van der Waals surface area contributed by atoms with E-state index < -0.39 is 10.2 Å². The SMILES string of the molecule is CN(C)S(=O)(=O)N[C@H]1CC[C@H](CCN2CCC(Cc3cc(Cl)ccc3Br)CC2)CC1. The molecule has 1 N–H and O–H groups in total. The van der Waals surface area contributed by atoms with Crippen LogP contribution in [0.15, 0.2) is 22.7 Å². The summed E-state index contributed by atoms with van der Waals surface area (Å²) in [5.41, 5.74) is 1.32. The van der Waals surface area contributed by atoms with E-state index in [9.17, 15) is 8.42 Å². The smallest absolute Gasteiger partial charge is 0.279 e. The minimum absolute atomic E-state index is 0.0928. The summed E-state index contributed by atoms with van der Waals surface area (Å²) in [6.45, 7) is 3.54. The first-order chi connectivity index (χ1) is 14.2. The van der Waals surface area contributed by atoms with E-state index in [1.807, 2.05) is 12.1 Å². The van der Waals surface area contributed by atoms with Crippen molar-refractivity contribution in [2.75, 3.05) is 33.7 Å². The van der Waals surface area contributed by atoms with Gasteiger partial charge in [0.1, 0.15) is 0 Å². The molecule has 0 bridgehead atoms. The Balaban J connectivity index is 1.34. The second-order valence-corrected chi connectivity index (χ2v) is 12.3. The number of nitrogens with zero attached hydrogens (tertiary/aromatic N) is 2. The molecule has 30 heavy (non-hydrogen) atoms. The number of likely N-dealkylation sites (tertiary alicyclic amines) is 1. The van der Waals surface area contributed by atoms with Crippen molar-refractivity contribution < 1.29 is 8.42 Å². The van der Waals surface area contributed by atoms with E-state index in [1.54, 1.807) is 14.1 Å². The molecule has 1 aromatic rings. The third-order valence-electron chi connectivity index (χ3n) is 6.72. The lowest BCUT2D eigenvalue weighted by Crippen LogP contribution is -2.43. The van der Waals surface area contributed by atoms with E-state index in [4.69, 9.17) is 11.6 Å². The predicted molar refractivity (Wildman–Crippen MR) is 128 cm³/mol. The molecule has 0 unspecified atom stereocenters. The molecule has 1 saturated carbocycles. The Labute approximate surface area is 195 Å². The zero-order valence-electron chi connectivity index (χ0n) is 18.1. The molecule has 1 aliphatic heterocycles. The Bertz CT molecular complexity index is 790. The van der Waals surface area contributed by atoms with E-state index in [-0.39, 0.29) is 6.04 Å². The molecule has 1 heterocycles. The minimum Gasteiger partial charge on any atom is -0.303 e. The van der Waals surface area contributed by atoms with Crippen LogP contribution in [0.5, 0.6) is 0 Å². The van der Waals surface area contributed by atoms with Crippen LogP contribution in [-0.2, 0) is 16.6 Å². The maximum Gasteiger partial charge on any atom is 0.279 e. The number of hydrogen-bond donors (Lipinski definition) is 1. The van der Waals surface area contributed by atoms with Gasteiger partial charge in [-0.25, -0.2) is 0 Å².